The minimum Gasteiger partial charge on any atom is -0.352 e. The fourth-order valence-electron chi connectivity index (χ4n) is 2.90. The molecule has 0 unspecified atom stereocenters. The summed E-state index contributed by atoms with van der Waals surface area (Å²) in [5, 5.41) is 12.8. The Morgan fingerprint density at radius 2 is 1.85 bits per heavy atom. The maximum absolute atomic E-state index is 10.9. The third-order valence-electron chi connectivity index (χ3n) is 4.21. The molecule has 10 heteroatoms. The summed E-state index contributed by atoms with van der Waals surface area (Å²) < 4.78 is 0.819. The van der Waals surface area contributed by atoms with Crippen molar-refractivity contribution in [3.8, 4) is 0 Å². The first-order valence-corrected chi connectivity index (χ1v) is 9.44. The maximum Gasteiger partial charge on any atom is 0.270 e. The first-order valence-electron chi connectivity index (χ1n) is 7.87. The van der Waals surface area contributed by atoms with E-state index in [1.807, 2.05) is 0 Å². The Morgan fingerprint density at radius 3 is 2.54 bits per heavy atom. The van der Waals surface area contributed by atoms with Crippen molar-refractivity contribution in [2.45, 2.75) is 0 Å². The van der Waals surface area contributed by atoms with Crippen LogP contribution in [-0.4, -0.2) is 41.1 Å². The Balaban J connectivity index is 1.51. The van der Waals surface area contributed by atoms with E-state index in [0.717, 1.165) is 47.3 Å². The molecule has 1 aliphatic heterocycles. The minimum atomic E-state index is -0.388. The zero-order valence-electron chi connectivity index (χ0n) is 13.4. The van der Waals surface area contributed by atoms with Crippen molar-refractivity contribution in [2.24, 2.45) is 0 Å². The van der Waals surface area contributed by atoms with E-state index in [4.69, 9.17) is 23.2 Å². The highest BCUT2D eigenvalue weighted by Gasteiger charge is 2.22. The van der Waals surface area contributed by atoms with Crippen molar-refractivity contribution in [2.75, 3.05) is 36.0 Å². The Hall–Kier alpha value is -2.16. The van der Waals surface area contributed by atoms with Crippen LogP contribution in [0.5, 0.6) is 0 Å². The highest BCUT2D eigenvalue weighted by atomic mass is 35.5. The molecule has 0 aliphatic carbocycles. The second-order valence-electron chi connectivity index (χ2n) is 5.84. The number of nitrogens with zero attached hydrogens (tertiary/aromatic N) is 5. The average Bonchev–Trinajstić information content (AvgIpc) is 3.05. The first-order chi connectivity index (χ1) is 12.5. The summed E-state index contributed by atoms with van der Waals surface area (Å²) in [7, 11) is 0. The molecule has 0 spiro atoms. The quantitative estimate of drug-likeness (QED) is 0.475. The normalized spacial score (nSPS) is 14.8. The number of nitro benzene ring substituents is 1. The van der Waals surface area contributed by atoms with Gasteiger partial charge in [0, 0.05) is 44.5 Å². The SMILES string of the molecule is O=[N+]([O-])c1ccc2nc(N3CCN(c4ncc(Cl)cc4Cl)CC3)sc2c1. The van der Waals surface area contributed by atoms with E-state index in [-0.39, 0.29) is 10.6 Å². The van der Waals surface area contributed by atoms with E-state index in [1.54, 1.807) is 24.4 Å². The van der Waals surface area contributed by atoms with Gasteiger partial charge in [-0.15, -0.1) is 0 Å². The molecule has 1 aliphatic rings. The topological polar surface area (TPSA) is 75.4 Å². The fourth-order valence-corrected chi connectivity index (χ4v) is 4.45. The van der Waals surface area contributed by atoms with Crippen LogP contribution in [0.15, 0.2) is 30.5 Å². The summed E-state index contributed by atoms with van der Waals surface area (Å²) in [5.41, 5.74) is 0.862. The lowest BCUT2D eigenvalue weighted by Gasteiger charge is -2.35. The second-order valence-corrected chi connectivity index (χ2v) is 7.69. The van der Waals surface area contributed by atoms with Gasteiger partial charge in [0.2, 0.25) is 0 Å². The first kappa shape index (κ1) is 17.3. The molecule has 7 nitrogen and oxygen atoms in total. The number of rotatable bonds is 3. The monoisotopic (exact) mass is 409 g/mol. The molecule has 4 rings (SSSR count). The fraction of sp³-hybridized carbons (Fsp3) is 0.250. The number of pyridine rings is 1. The van der Waals surface area contributed by atoms with Crippen molar-refractivity contribution < 1.29 is 4.92 Å². The van der Waals surface area contributed by atoms with Crippen molar-refractivity contribution in [3.63, 3.8) is 0 Å². The molecular formula is C16H13Cl2N5O2S. The molecular weight excluding hydrogens is 397 g/mol. The molecule has 3 heterocycles. The predicted octanol–water partition coefficient (Wildman–Crippen LogP) is 4.23. The number of nitro groups is 1. The van der Waals surface area contributed by atoms with Gasteiger partial charge in [0.05, 0.1) is 25.2 Å². The highest BCUT2D eigenvalue weighted by molar-refractivity contribution is 7.22. The van der Waals surface area contributed by atoms with Gasteiger partial charge in [-0.1, -0.05) is 34.5 Å². The van der Waals surface area contributed by atoms with Gasteiger partial charge in [-0.3, -0.25) is 10.1 Å². The lowest BCUT2D eigenvalue weighted by molar-refractivity contribution is -0.384. The maximum atomic E-state index is 10.9. The minimum absolute atomic E-state index is 0.0842. The molecule has 134 valence electrons. The van der Waals surface area contributed by atoms with E-state index < -0.39 is 0 Å². The largest absolute Gasteiger partial charge is 0.352 e. The van der Waals surface area contributed by atoms with Crippen LogP contribution in [0.1, 0.15) is 0 Å². The van der Waals surface area contributed by atoms with Gasteiger partial charge >= 0.3 is 0 Å². The molecule has 1 saturated heterocycles. The molecule has 1 fully saturated rings. The standard InChI is InChI=1S/C16H13Cl2N5O2S/c17-10-7-12(18)15(19-9-10)21-3-5-22(6-4-21)16-20-13-2-1-11(23(24)25)8-14(13)26-16/h1-2,7-9H,3-6H2. The number of aromatic nitrogens is 2. The van der Waals surface area contributed by atoms with E-state index in [9.17, 15) is 10.1 Å². The molecule has 0 bridgehead atoms. The molecule has 0 radical (unpaired) electrons. The number of benzene rings is 1. The number of hydrogen-bond donors (Lipinski definition) is 0. The molecule has 0 atom stereocenters. The molecule has 26 heavy (non-hydrogen) atoms. The van der Waals surface area contributed by atoms with E-state index in [1.165, 1.54) is 17.4 Å². The molecule has 1 aromatic carbocycles. The number of hydrogen-bond acceptors (Lipinski definition) is 7. The Kier molecular flexibility index (Phi) is 4.56. The zero-order chi connectivity index (χ0) is 18.3. The molecule has 0 saturated carbocycles. The van der Waals surface area contributed by atoms with Gasteiger partial charge in [-0.05, 0) is 12.1 Å². The third-order valence-corrected chi connectivity index (χ3v) is 5.77. The summed E-state index contributed by atoms with van der Waals surface area (Å²) >= 11 is 13.6. The number of anilines is 2. The van der Waals surface area contributed by atoms with Gasteiger partial charge in [-0.2, -0.15) is 0 Å². The number of halogens is 2. The number of thiazole rings is 1. The van der Waals surface area contributed by atoms with E-state index >= 15 is 0 Å². The summed E-state index contributed by atoms with van der Waals surface area (Å²) in [5.74, 6) is 0.732. The average molecular weight is 410 g/mol. The number of non-ortho nitro benzene ring substituents is 1. The number of fused-ring (bicyclic) bond motifs is 1. The van der Waals surface area contributed by atoms with Crippen LogP contribution in [0.25, 0.3) is 10.2 Å². The van der Waals surface area contributed by atoms with Gasteiger partial charge in [0.15, 0.2) is 5.13 Å². The van der Waals surface area contributed by atoms with Gasteiger partial charge in [0.25, 0.3) is 5.69 Å². The third kappa shape index (κ3) is 3.27. The van der Waals surface area contributed by atoms with Crippen molar-refractivity contribution in [1.29, 1.82) is 0 Å². The van der Waals surface area contributed by atoms with Gasteiger partial charge in [-0.25, -0.2) is 9.97 Å². The van der Waals surface area contributed by atoms with Crippen molar-refractivity contribution in [1.82, 2.24) is 9.97 Å². The summed E-state index contributed by atoms with van der Waals surface area (Å²) in [6.45, 7) is 3.04. The molecule has 0 amide bonds. The molecule has 0 N–H and O–H groups in total. The number of piperazine rings is 1. The zero-order valence-corrected chi connectivity index (χ0v) is 15.8. The van der Waals surface area contributed by atoms with Crippen LogP contribution in [0.2, 0.25) is 10.0 Å². The Morgan fingerprint density at radius 1 is 1.12 bits per heavy atom. The van der Waals surface area contributed by atoms with Crippen LogP contribution in [0.4, 0.5) is 16.6 Å². The second kappa shape index (κ2) is 6.86. The lowest BCUT2D eigenvalue weighted by atomic mass is 10.3. The van der Waals surface area contributed by atoms with E-state index in [2.05, 4.69) is 19.8 Å². The predicted molar refractivity (Wildman–Crippen MR) is 105 cm³/mol. The van der Waals surface area contributed by atoms with Crippen molar-refractivity contribution in [3.05, 3.63) is 50.6 Å². The van der Waals surface area contributed by atoms with Gasteiger partial charge < -0.3 is 9.80 Å². The van der Waals surface area contributed by atoms with Crippen LogP contribution in [-0.2, 0) is 0 Å². The summed E-state index contributed by atoms with van der Waals surface area (Å²) in [6, 6.07) is 6.45. The summed E-state index contributed by atoms with van der Waals surface area (Å²) in [4.78, 5) is 23.8. The Bertz CT molecular complexity index is 988. The van der Waals surface area contributed by atoms with Crippen LogP contribution < -0.4 is 9.80 Å². The van der Waals surface area contributed by atoms with Gasteiger partial charge in [0.1, 0.15) is 5.82 Å². The highest BCUT2D eigenvalue weighted by Crippen LogP contribution is 2.33. The van der Waals surface area contributed by atoms with Crippen LogP contribution in [0.3, 0.4) is 0 Å². The summed E-state index contributed by atoms with van der Waals surface area (Å²) in [6.07, 6.45) is 1.59. The van der Waals surface area contributed by atoms with Crippen LogP contribution >= 0.6 is 34.5 Å². The molecule has 2 aromatic heterocycles. The van der Waals surface area contributed by atoms with Crippen molar-refractivity contribution >= 4 is 61.4 Å². The molecule has 3 aromatic rings. The Labute approximate surface area is 162 Å². The van der Waals surface area contributed by atoms with Crippen LogP contribution in [0, 0.1) is 10.1 Å². The van der Waals surface area contributed by atoms with E-state index in [0.29, 0.717) is 10.0 Å². The lowest BCUT2D eigenvalue weighted by Crippen LogP contribution is -2.46. The smallest absolute Gasteiger partial charge is 0.270 e.